The molecule has 1 heterocycles. The summed E-state index contributed by atoms with van der Waals surface area (Å²) in [5.74, 6) is 1.08. The zero-order valence-electron chi connectivity index (χ0n) is 12.8. The third-order valence-electron chi connectivity index (χ3n) is 5.78. The molecule has 2 N–H and O–H groups in total. The molecule has 0 aromatic carbocycles. The van der Waals surface area contributed by atoms with Crippen molar-refractivity contribution >= 4 is 11.9 Å². The van der Waals surface area contributed by atoms with Gasteiger partial charge in [0.15, 0.2) is 0 Å². The van der Waals surface area contributed by atoms with E-state index in [1.807, 2.05) is 4.90 Å². The van der Waals surface area contributed by atoms with Gasteiger partial charge < -0.3 is 15.4 Å². The number of nitrogens with two attached hydrogens (primary N) is 1. The summed E-state index contributed by atoms with van der Waals surface area (Å²) in [5, 5.41) is 0. The second kappa shape index (κ2) is 5.95. The Bertz CT molecular complexity index is 426. The molecule has 1 amide bonds. The summed E-state index contributed by atoms with van der Waals surface area (Å²) >= 11 is 0. The molecule has 5 unspecified atom stereocenters. The highest BCUT2D eigenvalue weighted by Crippen LogP contribution is 2.39. The van der Waals surface area contributed by atoms with E-state index in [0.29, 0.717) is 18.3 Å². The molecule has 5 atom stereocenters. The lowest BCUT2D eigenvalue weighted by Crippen LogP contribution is -2.39. The predicted molar refractivity (Wildman–Crippen MR) is 78.2 cm³/mol. The number of esters is 1. The van der Waals surface area contributed by atoms with E-state index in [9.17, 15) is 9.59 Å². The van der Waals surface area contributed by atoms with Crippen molar-refractivity contribution < 1.29 is 14.3 Å². The fourth-order valence-electron chi connectivity index (χ4n) is 4.54. The van der Waals surface area contributed by atoms with Crippen LogP contribution in [0.3, 0.4) is 0 Å². The molecule has 3 fully saturated rings. The Morgan fingerprint density at radius 2 is 1.86 bits per heavy atom. The van der Waals surface area contributed by atoms with Gasteiger partial charge in [0.1, 0.15) is 0 Å². The van der Waals surface area contributed by atoms with Crippen molar-refractivity contribution in [3.63, 3.8) is 0 Å². The van der Waals surface area contributed by atoms with Crippen LogP contribution >= 0.6 is 0 Å². The van der Waals surface area contributed by atoms with Gasteiger partial charge in [0.25, 0.3) is 0 Å². The number of hydrogen-bond acceptors (Lipinski definition) is 4. The van der Waals surface area contributed by atoms with Crippen LogP contribution in [-0.2, 0) is 14.3 Å². The molecule has 0 radical (unpaired) electrons. The quantitative estimate of drug-likeness (QED) is 0.776. The van der Waals surface area contributed by atoms with E-state index in [4.69, 9.17) is 10.5 Å². The topological polar surface area (TPSA) is 72.6 Å². The zero-order valence-corrected chi connectivity index (χ0v) is 12.8. The van der Waals surface area contributed by atoms with Crippen LogP contribution < -0.4 is 5.73 Å². The van der Waals surface area contributed by atoms with Crippen molar-refractivity contribution in [2.24, 2.45) is 29.4 Å². The van der Waals surface area contributed by atoms with Crippen LogP contribution in [0.15, 0.2) is 0 Å². The standard InChI is InChI=1S/C16H26N2O3/c1-21-16(20)11-4-2-3-10(7-11)15(19)18-8-12-5-6-14(17)13(12)9-18/h10-14H,2-9,17H2,1H3. The normalized spacial score (nSPS) is 39.1. The Morgan fingerprint density at radius 3 is 2.57 bits per heavy atom. The summed E-state index contributed by atoms with van der Waals surface area (Å²) in [7, 11) is 1.43. The lowest BCUT2D eigenvalue weighted by atomic mass is 9.80. The van der Waals surface area contributed by atoms with Crippen molar-refractivity contribution in [3.8, 4) is 0 Å². The first-order valence-electron chi connectivity index (χ1n) is 8.22. The van der Waals surface area contributed by atoms with Gasteiger partial charge >= 0.3 is 5.97 Å². The number of methoxy groups -OCH3 is 1. The van der Waals surface area contributed by atoms with Crippen LogP contribution in [0.2, 0.25) is 0 Å². The van der Waals surface area contributed by atoms with Gasteiger partial charge in [0, 0.05) is 25.0 Å². The Kier molecular flexibility index (Phi) is 4.20. The molecule has 3 rings (SSSR count). The first-order chi connectivity index (χ1) is 10.1. The van der Waals surface area contributed by atoms with Gasteiger partial charge in [-0.2, -0.15) is 0 Å². The Hall–Kier alpha value is -1.10. The summed E-state index contributed by atoms with van der Waals surface area (Å²) in [4.78, 5) is 26.4. The second-order valence-corrected chi connectivity index (χ2v) is 6.99. The van der Waals surface area contributed by atoms with Gasteiger partial charge in [-0.25, -0.2) is 0 Å². The van der Waals surface area contributed by atoms with Crippen molar-refractivity contribution in [2.45, 2.75) is 44.6 Å². The number of carbonyl (C=O) groups excluding carboxylic acids is 2. The van der Waals surface area contributed by atoms with E-state index in [1.165, 1.54) is 7.11 Å². The van der Waals surface area contributed by atoms with Crippen molar-refractivity contribution in [3.05, 3.63) is 0 Å². The average Bonchev–Trinajstić information content (AvgIpc) is 3.08. The van der Waals surface area contributed by atoms with Crippen LogP contribution in [-0.4, -0.2) is 43.0 Å². The number of fused-ring (bicyclic) bond motifs is 1. The summed E-state index contributed by atoms with van der Waals surface area (Å²) in [6.45, 7) is 1.70. The molecule has 2 aliphatic carbocycles. The van der Waals surface area contributed by atoms with E-state index in [1.54, 1.807) is 0 Å². The molecule has 118 valence electrons. The Labute approximate surface area is 126 Å². The van der Waals surface area contributed by atoms with Gasteiger partial charge in [-0.3, -0.25) is 9.59 Å². The van der Waals surface area contributed by atoms with E-state index in [-0.39, 0.29) is 29.8 Å². The van der Waals surface area contributed by atoms with Gasteiger partial charge in [-0.05, 0) is 43.9 Å². The van der Waals surface area contributed by atoms with Gasteiger partial charge in [-0.1, -0.05) is 6.42 Å². The van der Waals surface area contributed by atoms with Gasteiger partial charge in [0.2, 0.25) is 5.91 Å². The summed E-state index contributed by atoms with van der Waals surface area (Å²) in [6.07, 6.45) is 5.62. The molecule has 5 heteroatoms. The smallest absolute Gasteiger partial charge is 0.308 e. The summed E-state index contributed by atoms with van der Waals surface area (Å²) in [6, 6.07) is 0.266. The minimum absolute atomic E-state index is 0.00194. The van der Waals surface area contributed by atoms with Crippen molar-refractivity contribution in [1.82, 2.24) is 4.90 Å². The molecule has 1 aliphatic heterocycles. The van der Waals surface area contributed by atoms with Crippen molar-refractivity contribution in [2.75, 3.05) is 20.2 Å². The Balaban J connectivity index is 1.59. The molecule has 0 aromatic heterocycles. The number of rotatable bonds is 2. The van der Waals surface area contributed by atoms with Crippen LogP contribution in [0.1, 0.15) is 38.5 Å². The highest BCUT2D eigenvalue weighted by molar-refractivity contribution is 5.81. The van der Waals surface area contributed by atoms with Crippen LogP contribution in [0.4, 0.5) is 0 Å². The Morgan fingerprint density at radius 1 is 1.10 bits per heavy atom. The number of nitrogens with zero attached hydrogens (tertiary/aromatic N) is 1. The average molecular weight is 294 g/mol. The van der Waals surface area contributed by atoms with Crippen LogP contribution in [0.5, 0.6) is 0 Å². The lowest BCUT2D eigenvalue weighted by molar-refractivity contribution is -0.148. The minimum Gasteiger partial charge on any atom is -0.469 e. The molecule has 3 aliphatic rings. The first kappa shape index (κ1) is 14.8. The second-order valence-electron chi connectivity index (χ2n) is 6.99. The summed E-state index contributed by atoms with van der Waals surface area (Å²) < 4.78 is 4.84. The first-order valence-corrected chi connectivity index (χ1v) is 8.22. The highest BCUT2D eigenvalue weighted by Gasteiger charge is 2.44. The molecule has 21 heavy (non-hydrogen) atoms. The maximum Gasteiger partial charge on any atom is 0.308 e. The van der Waals surface area contributed by atoms with Crippen LogP contribution in [0, 0.1) is 23.7 Å². The maximum absolute atomic E-state index is 12.7. The van der Waals surface area contributed by atoms with E-state index in [0.717, 1.165) is 45.2 Å². The molecule has 0 bridgehead atoms. The summed E-state index contributed by atoms with van der Waals surface area (Å²) in [5.41, 5.74) is 6.14. The number of likely N-dealkylation sites (tertiary alicyclic amines) is 1. The predicted octanol–water partition coefficient (Wildman–Crippen LogP) is 1.16. The molecular weight excluding hydrogens is 268 g/mol. The van der Waals surface area contributed by atoms with Gasteiger partial charge in [0.05, 0.1) is 13.0 Å². The van der Waals surface area contributed by atoms with Crippen LogP contribution in [0.25, 0.3) is 0 Å². The minimum atomic E-state index is -0.159. The number of hydrogen-bond donors (Lipinski definition) is 1. The van der Waals surface area contributed by atoms with E-state index in [2.05, 4.69) is 0 Å². The molecule has 2 saturated carbocycles. The van der Waals surface area contributed by atoms with E-state index >= 15 is 0 Å². The zero-order chi connectivity index (χ0) is 15.0. The fourth-order valence-corrected chi connectivity index (χ4v) is 4.54. The third kappa shape index (κ3) is 2.80. The molecule has 1 saturated heterocycles. The van der Waals surface area contributed by atoms with Gasteiger partial charge in [-0.15, -0.1) is 0 Å². The lowest BCUT2D eigenvalue weighted by Gasteiger charge is -2.30. The highest BCUT2D eigenvalue weighted by atomic mass is 16.5. The number of ether oxygens (including phenoxy) is 1. The third-order valence-corrected chi connectivity index (χ3v) is 5.78. The van der Waals surface area contributed by atoms with E-state index < -0.39 is 0 Å². The van der Waals surface area contributed by atoms with Crippen molar-refractivity contribution in [1.29, 1.82) is 0 Å². The monoisotopic (exact) mass is 294 g/mol. The SMILES string of the molecule is COC(=O)C1CCCC(C(=O)N2CC3CCC(N)C3C2)C1. The molecule has 0 aromatic rings. The number of carbonyl (C=O) groups is 2. The molecule has 5 nitrogen and oxygen atoms in total. The maximum atomic E-state index is 12.7. The number of amides is 1. The largest absolute Gasteiger partial charge is 0.469 e. The molecular formula is C16H26N2O3. The molecule has 0 spiro atoms. The fraction of sp³-hybridized carbons (Fsp3) is 0.875.